The molecular formula is C14H18N2O2S. The van der Waals surface area contributed by atoms with Crippen LogP contribution in [0.15, 0.2) is 16.7 Å². The van der Waals surface area contributed by atoms with Gasteiger partial charge < -0.3 is 9.26 Å². The fourth-order valence-corrected chi connectivity index (χ4v) is 3.21. The summed E-state index contributed by atoms with van der Waals surface area (Å²) in [6.07, 6.45) is 1.30. The number of hydrogen-bond acceptors (Lipinski definition) is 5. The van der Waals surface area contributed by atoms with Gasteiger partial charge in [-0.25, -0.2) is 0 Å². The van der Waals surface area contributed by atoms with Crippen LogP contribution in [0.1, 0.15) is 53.6 Å². The summed E-state index contributed by atoms with van der Waals surface area (Å²) < 4.78 is 10.8. The zero-order valence-electron chi connectivity index (χ0n) is 11.4. The van der Waals surface area contributed by atoms with Gasteiger partial charge in [0.1, 0.15) is 6.61 Å². The number of nitrogens with zero attached hydrogens (tertiary/aromatic N) is 2. The van der Waals surface area contributed by atoms with E-state index in [1.807, 2.05) is 25.2 Å². The van der Waals surface area contributed by atoms with Gasteiger partial charge in [0.25, 0.3) is 0 Å². The molecule has 0 bridgehead atoms. The van der Waals surface area contributed by atoms with Gasteiger partial charge in [0.2, 0.25) is 5.89 Å². The summed E-state index contributed by atoms with van der Waals surface area (Å²) in [6, 6.07) is 4.38. The van der Waals surface area contributed by atoms with E-state index in [-0.39, 0.29) is 6.10 Å². The Morgan fingerprint density at radius 2 is 2.26 bits per heavy atom. The first-order valence-electron chi connectivity index (χ1n) is 6.64. The fourth-order valence-electron chi connectivity index (χ4n) is 2.15. The van der Waals surface area contributed by atoms with E-state index in [1.165, 1.54) is 9.75 Å². The van der Waals surface area contributed by atoms with E-state index < -0.39 is 0 Å². The van der Waals surface area contributed by atoms with Crippen molar-refractivity contribution in [1.29, 1.82) is 0 Å². The molecule has 1 aliphatic rings. The SMILES string of the molecule is Cc1ccc([C@H]2C[C@H]2c2nc(COC(C)C)no2)s1. The van der Waals surface area contributed by atoms with Crippen LogP contribution >= 0.6 is 11.3 Å². The van der Waals surface area contributed by atoms with E-state index >= 15 is 0 Å². The van der Waals surface area contributed by atoms with Crippen molar-refractivity contribution < 1.29 is 9.26 Å². The molecule has 0 aromatic carbocycles. The Morgan fingerprint density at radius 3 is 2.95 bits per heavy atom. The number of aromatic nitrogens is 2. The summed E-state index contributed by atoms with van der Waals surface area (Å²) in [6.45, 7) is 6.56. The van der Waals surface area contributed by atoms with Crippen LogP contribution in [0.5, 0.6) is 0 Å². The van der Waals surface area contributed by atoms with Gasteiger partial charge in [-0.1, -0.05) is 5.16 Å². The summed E-state index contributed by atoms with van der Waals surface area (Å²) in [5, 5.41) is 3.98. The van der Waals surface area contributed by atoms with E-state index in [1.54, 1.807) is 0 Å². The van der Waals surface area contributed by atoms with Crippen molar-refractivity contribution in [1.82, 2.24) is 10.1 Å². The minimum absolute atomic E-state index is 0.185. The van der Waals surface area contributed by atoms with Crippen LogP contribution < -0.4 is 0 Å². The second-order valence-corrected chi connectivity index (χ2v) is 6.63. The maximum atomic E-state index is 5.47. The lowest BCUT2D eigenvalue weighted by Crippen LogP contribution is -2.03. The summed E-state index contributed by atoms with van der Waals surface area (Å²) in [7, 11) is 0. The van der Waals surface area contributed by atoms with Gasteiger partial charge in [-0.2, -0.15) is 4.98 Å². The molecule has 0 aliphatic heterocycles. The Balaban J connectivity index is 1.62. The van der Waals surface area contributed by atoms with Crippen LogP contribution in [0.4, 0.5) is 0 Å². The lowest BCUT2D eigenvalue weighted by Gasteiger charge is -2.02. The third-order valence-electron chi connectivity index (χ3n) is 3.26. The molecule has 2 atom stereocenters. The normalized spacial score (nSPS) is 22.1. The fraction of sp³-hybridized carbons (Fsp3) is 0.571. The van der Waals surface area contributed by atoms with Crippen molar-refractivity contribution in [3.63, 3.8) is 0 Å². The predicted molar refractivity (Wildman–Crippen MR) is 73.4 cm³/mol. The van der Waals surface area contributed by atoms with Crippen molar-refractivity contribution in [2.45, 2.75) is 51.7 Å². The Kier molecular flexibility index (Phi) is 3.41. The highest BCUT2D eigenvalue weighted by Gasteiger charge is 2.44. The molecule has 5 heteroatoms. The zero-order valence-corrected chi connectivity index (χ0v) is 12.2. The molecule has 2 heterocycles. The number of ether oxygens (including phenoxy) is 1. The van der Waals surface area contributed by atoms with Gasteiger partial charge in [0.15, 0.2) is 5.82 Å². The smallest absolute Gasteiger partial charge is 0.230 e. The van der Waals surface area contributed by atoms with Gasteiger partial charge >= 0.3 is 0 Å². The maximum absolute atomic E-state index is 5.47. The Morgan fingerprint density at radius 1 is 1.42 bits per heavy atom. The molecule has 102 valence electrons. The Hall–Kier alpha value is -1.20. The summed E-state index contributed by atoms with van der Waals surface area (Å²) in [5.41, 5.74) is 0. The molecule has 1 saturated carbocycles. The summed E-state index contributed by atoms with van der Waals surface area (Å²) >= 11 is 1.86. The number of hydrogen-bond donors (Lipinski definition) is 0. The number of rotatable bonds is 5. The first-order chi connectivity index (χ1) is 9.13. The zero-order chi connectivity index (χ0) is 13.4. The standard InChI is InChI=1S/C14H18N2O2S/c1-8(2)17-7-13-15-14(18-16-13)11-6-10(11)12-5-4-9(3)19-12/h4-5,8,10-11H,6-7H2,1-3H3/t10-,11+/m0/s1. The molecule has 4 nitrogen and oxygen atoms in total. The molecule has 2 aromatic rings. The molecule has 0 radical (unpaired) electrons. The number of thiophene rings is 1. The second-order valence-electron chi connectivity index (χ2n) is 5.31. The summed E-state index contributed by atoms with van der Waals surface area (Å²) in [4.78, 5) is 7.22. The van der Waals surface area contributed by atoms with Crippen LogP contribution in [0.2, 0.25) is 0 Å². The monoisotopic (exact) mass is 278 g/mol. The van der Waals surface area contributed by atoms with Crippen molar-refractivity contribution in [2.75, 3.05) is 0 Å². The van der Waals surface area contributed by atoms with E-state index in [9.17, 15) is 0 Å². The molecule has 1 fully saturated rings. The summed E-state index contributed by atoms with van der Waals surface area (Å²) in [5.74, 6) is 2.38. The van der Waals surface area contributed by atoms with E-state index in [0.717, 1.165) is 12.3 Å². The maximum Gasteiger partial charge on any atom is 0.230 e. The van der Waals surface area contributed by atoms with E-state index in [0.29, 0.717) is 24.3 Å². The third kappa shape index (κ3) is 2.87. The Bertz CT molecular complexity index is 561. The quantitative estimate of drug-likeness (QED) is 0.838. The van der Waals surface area contributed by atoms with Gasteiger partial charge in [-0.05, 0) is 39.3 Å². The molecule has 0 unspecified atom stereocenters. The molecule has 2 aromatic heterocycles. The lowest BCUT2D eigenvalue weighted by atomic mass is 10.2. The van der Waals surface area contributed by atoms with Crippen molar-refractivity contribution in [3.05, 3.63) is 33.6 Å². The Labute approximate surface area is 116 Å². The van der Waals surface area contributed by atoms with Crippen LogP contribution in [0.3, 0.4) is 0 Å². The first-order valence-corrected chi connectivity index (χ1v) is 7.45. The number of aryl methyl sites for hydroxylation is 1. The lowest BCUT2D eigenvalue weighted by molar-refractivity contribution is 0.0601. The largest absolute Gasteiger partial charge is 0.371 e. The first kappa shape index (κ1) is 12.8. The molecular weight excluding hydrogens is 260 g/mol. The van der Waals surface area contributed by atoms with Crippen LogP contribution in [0.25, 0.3) is 0 Å². The average molecular weight is 278 g/mol. The van der Waals surface area contributed by atoms with Gasteiger partial charge in [0, 0.05) is 21.6 Å². The van der Waals surface area contributed by atoms with Crippen molar-refractivity contribution in [2.24, 2.45) is 0 Å². The molecule has 3 rings (SSSR count). The molecule has 0 saturated heterocycles. The molecule has 0 spiro atoms. The second kappa shape index (κ2) is 5.06. The molecule has 1 aliphatic carbocycles. The van der Waals surface area contributed by atoms with Crippen LogP contribution in [-0.4, -0.2) is 16.2 Å². The van der Waals surface area contributed by atoms with E-state index in [4.69, 9.17) is 9.26 Å². The third-order valence-corrected chi connectivity index (χ3v) is 4.40. The van der Waals surface area contributed by atoms with E-state index in [2.05, 4.69) is 29.2 Å². The van der Waals surface area contributed by atoms with Crippen LogP contribution in [0, 0.1) is 6.92 Å². The molecule has 0 N–H and O–H groups in total. The van der Waals surface area contributed by atoms with Crippen molar-refractivity contribution in [3.8, 4) is 0 Å². The van der Waals surface area contributed by atoms with Crippen LogP contribution in [-0.2, 0) is 11.3 Å². The highest BCUT2D eigenvalue weighted by atomic mass is 32.1. The van der Waals surface area contributed by atoms with Crippen molar-refractivity contribution >= 4 is 11.3 Å². The average Bonchev–Trinajstić information content (AvgIpc) is 2.83. The molecule has 0 amide bonds. The highest BCUT2D eigenvalue weighted by molar-refractivity contribution is 7.12. The van der Waals surface area contributed by atoms with Gasteiger partial charge in [0.05, 0.1) is 6.10 Å². The predicted octanol–water partition coefficient (Wildman–Crippen LogP) is 3.64. The minimum atomic E-state index is 0.185. The topological polar surface area (TPSA) is 48.2 Å². The van der Waals surface area contributed by atoms with Gasteiger partial charge in [-0.3, -0.25) is 0 Å². The highest BCUT2D eigenvalue weighted by Crippen LogP contribution is 2.55. The minimum Gasteiger partial charge on any atom is -0.371 e. The van der Waals surface area contributed by atoms with Gasteiger partial charge in [-0.15, -0.1) is 11.3 Å². The molecule has 19 heavy (non-hydrogen) atoms.